The number of benzene rings is 1. The molecule has 4 aromatic rings. The molecule has 0 saturated heterocycles. The number of imidazole rings is 1. The summed E-state index contributed by atoms with van der Waals surface area (Å²) in [5.74, 6) is 1.73. The number of rotatable bonds is 3. The van der Waals surface area contributed by atoms with E-state index in [4.69, 9.17) is 4.42 Å². The molecule has 0 radical (unpaired) electrons. The van der Waals surface area contributed by atoms with E-state index in [0.29, 0.717) is 0 Å². The van der Waals surface area contributed by atoms with Gasteiger partial charge in [-0.3, -0.25) is 0 Å². The molecule has 0 unspecified atom stereocenters. The summed E-state index contributed by atoms with van der Waals surface area (Å²) in [6, 6.07) is 14.3. The third kappa shape index (κ3) is 2.39. The molecular weight excluding hydrogens is 274 g/mol. The van der Waals surface area contributed by atoms with Gasteiger partial charge in [0, 0.05) is 18.2 Å². The summed E-state index contributed by atoms with van der Waals surface area (Å²) < 4.78 is 5.41. The number of nitrogens with zero attached hydrogens (tertiary/aromatic N) is 2. The quantitative estimate of drug-likeness (QED) is 0.617. The van der Waals surface area contributed by atoms with E-state index < -0.39 is 0 Å². The fourth-order valence-corrected chi connectivity index (χ4v) is 2.51. The van der Waals surface area contributed by atoms with E-state index in [1.54, 1.807) is 12.5 Å². The van der Waals surface area contributed by atoms with E-state index in [0.717, 1.165) is 34.7 Å². The highest BCUT2D eigenvalue weighted by Gasteiger charge is 2.08. The minimum atomic E-state index is 0.734. The van der Waals surface area contributed by atoms with Crippen LogP contribution in [0.15, 0.2) is 59.3 Å². The van der Waals surface area contributed by atoms with Gasteiger partial charge < -0.3 is 9.40 Å². The zero-order valence-corrected chi connectivity index (χ0v) is 12.2. The van der Waals surface area contributed by atoms with Crippen LogP contribution in [0.25, 0.3) is 22.5 Å². The summed E-state index contributed by atoms with van der Waals surface area (Å²) in [5, 5.41) is 0. The number of pyridine rings is 1. The number of aromatic amines is 1. The van der Waals surface area contributed by atoms with Crippen LogP contribution in [0.3, 0.4) is 0 Å². The molecule has 4 nitrogen and oxygen atoms in total. The van der Waals surface area contributed by atoms with Crippen molar-refractivity contribution in [2.45, 2.75) is 13.3 Å². The van der Waals surface area contributed by atoms with Gasteiger partial charge >= 0.3 is 0 Å². The van der Waals surface area contributed by atoms with Crippen LogP contribution in [0.1, 0.15) is 17.0 Å². The summed E-state index contributed by atoms with van der Waals surface area (Å²) in [6.07, 6.45) is 4.22. The lowest BCUT2D eigenvalue weighted by molar-refractivity contribution is 0.582. The summed E-state index contributed by atoms with van der Waals surface area (Å²) in [7, 11) is 0. The Morgan fingerprint density at radius 2 is 2.00 bits per heavy atom. The highest BCUT2D eigenvalue weighted by atomic mass is 16.3. The molecule has 0 atom stereocenters. The van der Waals surface area contributed by atoms with Gasteiger partial charge in [-0.15, -0.1) is 0 Å². The van der Waals surface area contributed by atoms with Crippen LogP contribution in [0.4, 0.5) is 0 Å². The Balaban J connectivity index is 1.67. The minimum absolute atomic E-state index is 0.734. The van der Waals surface area contributed by atoms with Crippen LogP contribution in [0.5, 0.6) is 0 Å². The Labute approximate surface area is 127 Å². The third-order valence-corrected chi connectivity index (χ3v) is 3.68. The molecule has 0 aliphatic rings. The maximum Gasteiger partial charge on any atom is 0.177 e. The SMILES string of the molecule is Cc1ccc(Cc2nc3ncc(-c4ccco4)cc3[nH]2)cc1. The maximum atomic E-state index is 5.41. The number of hydrogen-bond acceptors (Lipinski definition) is 3. The first kappa shape index (κ1) is 12.8. The number of furan rings is 1. The molecule has 3 aromatic heterocycles. The van der Waals surface area contributed by atoms with Gasteiger partial charge in [0.15, 0.2) is 5.65 Å². The van der Waals surface area contributed by atoms with Crippen molar-refractivity contribution in [3.63, 3.8) is 0 Å². The molecule has 22 heavy (non-hydrogen) atoms. The van der Waals surface area contributed by atoms with Gasteiger partial charge in [-0.1, -0.05) is 29.8 Å². The zero-order valence-electron chi connectivity index (χ0n) is 12.2. The van der Waals surface area contributed by atoms with Crippen LogP contribution in [0.2, 0.25) is 0 Å². The highest BCUT2D eigenvalue weighted by Crippen LogP contribution is 2.22. The van der Waals surface area contributed by atoms with Gasteiger partial charge in [0.1, 0.15) is 11.6 Å². The lowest BCUT2D eigenvalue weighted by atomic mass is 10.1. The van der Waals surface area contributed by atoms with Crippen LogP contribution in [0, 0.1) is 6.92 Å². The van der Waals surface area contributed by atoms with Crippen molar-refractivity contribution in [3.8, 4) is 11.3 Å². The Morgan fingerprint density at radius 1 is 1.14 bits per heavy atom. The first-order chi connectivity index (χ1) is 10.8. The number of aryl methyl sites for hydroxylation is 1. The average Bonchev–Trinajstić information content (AvgIpc) is 3.17. The molecule has 0 amide bonds. The number of aromatic nitrogens is 3. The molecule has 0 bridgehead atoms. The molecule has 3 heterocycles. The molecule has 108 valence electrons. The molecule has 0 aliphatic heterocycles. The predicted octanol–water partition coefficient (Wildman–Crippen LogP) is 4.12. The molecule has 1 N–H and O–H groups in total. The lowest BCUT2D eigenvalue weighted by Gasteiger charge is -1.98. The van der Waals surface area contributed by atoms with Crippen molar-refractivity contribution < 1.29 is 4.42 Å². The van der Waals surface area contributed by atoms with Crippen molar-refractivity contribution in [2.75, 3.05) is 0 Å². The van der Waals surface area contributed by atoms with Gasteiger partial charge in [-0.2, -0.15) is 0 Å². The minimum Gasteiger partial charge on any atom is -0.464 e. The Morgan fingerprint density at radius 3 is 2.77 bits per heavy atom. The fourth-order valence-electron chi connectivity index (χ4n) is 2.51. The van der Waals surface area contributed by atoms with Gasteiger partial charge in [-0.25, -0.2) is 9.97 Å². The fraction of sp³-hybridized carbons (Fsp3) is 0.111. The molecule has 1 aromatic carbocycles. The Bertz CT molecular complexity index is 905. The first-order valence-corrected chi connectivity index (χ1v) is 7.22. The second-order valence-corrected chi connectivity index (χ2v) is 5.42. The molecule has 0 aliphatic carbocycles. The summed E-state index contributed by atoms with van der Waals surface area (Å²) in [6.45, 7) is 2.09. The topological polar surface area (TPSA) is 54.7 Å². The standard InChI is InChI=1S/C18H15N3O/c1-12-4-6-13(7-5-12)9-17-20-15-10-14(11-19-18(15)21-17)16-3-2-8-22-16/h2-8,10-11H,9H2,1H3,(H,19,20,21). The second kappa shape index (κ2) is 5.15. The predicted molar refractivity (Wildman–Crippen MR) is 85.6 cm³/mol. The second-order valence-electron chi connectivity index (χ2n) is 5.42. The monoisotopic (exact) mass is 289 g/mol. The van der Waals surface area contributed by atoms with E-state index in [-0.39, 0.29) is 0 Å². The van der Waals surface area contributed by atoms with Gasteiger partial charge in [0.2, 0.25) is 0 Å². The number of fused-ring (bicyclic) bond motifs is 1. The Hall–Kier alpha value is -2.88. The molecule has 0 saturated carbocycles. The molecular formula is C18H15N3O. The number of H-pyrrole nitrogens is 1. The molecule has 0 spiro atoms. The van der Waals surface area contributed by atoms with Gasteiger partial charge in [0.05, 0.1) is 11.8 Å². The maximum absolute atomic E-state index is 5.41. The van der Waals surface area contributed by atoms with Crippen molar-refractivity contribution in [3.05, 3.63) is 71.9 Å². The third-order valence-electron chi connectivity index (χ3n) is 3.68. The van der Waals surface area contributed by atoms with E-state index >= 15 is 0 Å². The van der Waals surface area contributed by atoms with Crippen LogP contribution >= 0.6 is 0 Å². The highest BCUT2D eigenvalue weighted by molar-refractivity contribution is 5.76. The van der Waals surface area contributed by atoms with Crippen LogP contribution < -0.4 is 0 Å². The lowest BCUT2D eigenvalue weighted by Crippen LogP contribution is -1.90. The van der Waals surface area contributed by atoms with Crippen molar-refractivity contribution in [1.82, 2.24) is 15.0 Å². The van der Waals surface area contributed by atoms with Crippen molar-refractivity contribution >= 4 is 11.2 Å². The molecule has 4 rings (SSSR count). The largest absolute Gasteiger partial charge is 0.464 e. The zero-order chi connectivity index (χ0) is 14.9. The van der Waals surface area contributed by atoms with Crippen LogP contribution in [-0.4, -0.2) is 15.0 Å². The summed E-state index contributed by atoms with van der Waals surface area (Å²) >= 11 is 0. The summed E-state index contributed by atoms with van der Waals surface area (Å²) in [5.41, 5.74) is 5.10. The average molecular weight is 289 g/mol. The van der Waals surface area contributed by atoms with Gasteiger partial charge in [-0.05, 0) is 30.7 Å². The molecule has 4 heteroatoms. The van der Waals surface area contributed by atoms with E-state index in [1.807, 2.05) is 18.2 Å². The van der Waals surface area contributed by atoms with Crippen molar-refractivity contribution in [2.24, 2.45) is 0 Å². The molecule has 0 fully saturated rings. The van der Waals surface area contributed by atoms with E-state index in [2.05, 4.69) is 46.1 Å². The van der Waals surface area contributed by atoms with E-state index in [1.165, 1.54) is 11.1 Å². The van der Waals surface area contributed by atoms with Crippen LogP contribution in [-0.2, 0) is 6.42 Å². The number of nitrogens with one attached hydrogen (secondary N) is 1. The van der Waals surface area contributed by atoms with Crippen molar-refractivity contribution in [1.29, 1.82) is 0 Å². The number of hydrogen-bond donors (Lipinski definition) is 1. The smallest absolute Gasteiger partial charge is 0.177 e. The Kier molecular flexibility index (Phi) is 3.00. The summed E-state index contributed by atoms with van der Waals surface area (Å²) in [4.78, 5) is 12.3. The normalized spacial score (nSPS) is 11.1. The van der Waals surface area contributed by atoms with Gasteiger partial charge in [0.25, 0.3) is 0 Å². The first-order valence-electron chi connectivity index (χ1n) is 7.22. The van der Waals surface area contributed by atoms with E-state index in [9.17, 15) is 0 Å².